The molecule has 14 aliphatic heterocycles. The lowest BCUT2D eigenvalue weighted by atomic mass is 9.73. The maximum Gasteiger partial charge on any atom is 0.334 e. The first-order chi connectivity index (χ1) is 54.5. The van der Waals surface area contributed by atoms with Crippen LogP contribution in [0.15, 0.2) is 76.1 Å². The fourth-order valence-corrected chi connectivity index (χ4v) is 24.7. The van der Waals surface area contributed by atoms with Gasteiger partial charge in [-0.3, -0.25) is 39.8 Å². The van der Waals surface area contributed by atoms with E-state index in [2.05, 4.69) is 31.5 Å². The number of aliphatic hydroxyl groups excluding tert-OH is 3. The molecule has 18 atom stereocenters. The number of allylic oxidation sites excluding steroid dienone is 2. The van der Waals surface area contributed by atoms with E-state index < -0.39 is 142 Å². The summed E-state index contributed by atoms with van der Waals surface area (Å²) >= 11 is 6.85. The Kier molecular flexibility index (Phi) is 17.6. The molecule has 5 fully saturated rings. The Morgan fingerprint density at radius 3 is 2.18 bits per heavy atom. The summed E-state index contributed by atoms with van der Waals surface area (Å²) < 4.78 is 72.1. The zero-order valence-electron chi connectivity index (χ0n) is 65.2. The number of thioether (sulfide) groups is 1. The quantitative estimate of drug-likeness (QED) is 0.0330. The van der Waals surface area contributed by atoms with Crippen molar-refractivity contribution in [1.29, 1.82) is 0 Å². The van der Waals surface area contributed by atoms with Crippen LogP contribution in [0, 0.1) is 38.5 Å². The normalized spacial score (nSPS) is 32.8. The molecule has 0 saturated carbocycles. The largest absolute Gasteiger partial charge is 0.508 e. The third-order valence-corrected chi connectivity index (χ3v) is 28.7. The summed E-state index contributed by atoms with van der Waals surface area (Å²) in [7, 11) is 6.82. The number of aromatic hydroxyl groups is 1. The number of esters is 4. The minimum atomic E-state index is -1.80. The Morgan fingerprint density at radius 2 is 1.46 bits per heavy atom. The number of carbonyl (C=O) groups excluding carboxylic acids is 4. The molecule has 16 heterocycles. The first kappa shape index (κ1) is 75.3. The van der Waals surface area contributed by atoms with E-state index in [4.69, 9.17) is 64.4 Å². The second-order valence-corrected chi connectivity index (χ2v) is 35.2. The van der Waals surface area contributed by atoms with Crippen LogP contribution in [0.3, 0.4) is 0 Å². The number of methoxy groups -OCH3 is 2. The molecule has 6 bridgehead atoms. The van der Waals surface area contributed by atoms with Gasteiger partial charge in [-0.25, -0.2) is 9.59 Å². The first-order valence-electron chi connectivity index (χ1n) is 38.9. The molecule has 114 heavy (non-hydrogen) atoms. The number of hydrogen-bond donors (Lipinski definition) is 10. The van der Waals surface area contributed by atoms with Gasteiger partial charge in [0.2, 0.25) is 6.79 Å². The first-order valence-corrected chi connectivity index (χ1v) is 40.5. The molecule has 1 aliphatic carbocycles. The number of aliphatic hydroxyl groups is 5. The topological polar surface area (TPSA) is 348 Å². The number of ether oxygens (including phenoxy) is 10. The van der Waals surface area contributed by atoms with E-state index in [0.29, 0.717) is 102 Å². The van der Waals surface area contributed by atoms with Crippen LogP contribution in [0.25, 0.3) is 21.9 Å². The second-order valence-electron chi connectivity index (χ2n) is 33.5. The van der Waals surface area contributed by atoms with E-state index in [-0.39, 0.29) is 104 Å². The van der Waals surface area contributed by atoms with Gasteiger partial charge in [-0.2, -0.15) is 12.6 Å². The second kappa shape index (κ2) is 26.6. The number of thiol groups is 1. The predicted octanol–water partition coefficient (Wildman–Crippen LogP) is 8.30. The van der Waals surface area contributed by atoms with Crippen molar-refractivity contribution < 1.29 is 102 Å². The number of para-hydroxylation sites is 1. The Bertz CT molecular complexity index is 5390. The minimum Gasteiger partial charge on any atom is -0.508 e. The SMILES string of the molecule is COC1=C(O)C2C(C=C1C)CC1(O)CN(C)C2[C@@H]2[C@@H]3SC[C@]4(N[C@H](CO)Cc5c4[nH]c4ccccc54)C(=O)OC[C@@H](c4c5c(c(C)c(OC(C)=O)c43)OC(c3ccc4oc6c(c4c3)C[C@@H](CO)N[C@]6(C(=O)OC[C@H]3c4c6c(c(C)c(OC(C)=O)c4[C@@H](S)[C@H]4C7c8c(cc(C)c(OC)c8O)CC(O)(CN7C)N43)OCO6)C(C)C)O5)N21. The molecule has 0 radical (unpaired) electrons. The number of rotatable bonds is 11. The van der Waals surface area contributed by atoms with E-state index >= 15 is 9.59 Å². The number of fused-ring (bicyclic) bond motifs is 15. The summed E-state index contributed by atoms with van der Waals surface area (Å²) in [5.41, 5.74) is 2.27. The summed E-state index contributed by atoms with van der Waals surface area (Å²) in [5.74, 6) is -2.04. The molecule has 28 nitrogen and oxygen atoms in total. The third-order valence-electron chi connectivity index (χ3n) is 26.7. The van der Waals surface area contributed by atoms with Crippen molar-refractivity contribution in [3.63, 3.8) is 0 Å². The average molecular weight is 1600 g/mol. The molecule has 602 valence electrons. The number of aromatic amines is 1. The van der Waals surface area contributed by atoms with Crippen LogP contribution in [0.1, 0.15) is 154 Å². The van der Waals surface area contributed by atoms with Gasteiger partial charge in [0.25, 0.3) is 6.29 Å². The number of phenolic OH excluding ortho intramolecular Hbond substituents is 1. The van der Waals surface area contributed by atoms with Crippen molar-refractivity contribution in [3.05, 3.63) is 150 Å². The molecule has 30 heteroatoms. The highest BCUT2D eigenvalue weighted by molar-refractivity contribution is 7.99. The van der Waals surface area contributed by atoms with E-state index in [9.17, 15) is 40.2 Å². The highest BCUT2D eigenvalue weighted by Gasteiger charge is 2.68. The lowest BCUT2D eigenvalue weighted by molar-refractivity contribution is -0.215. The number of aromatic nitrogens is 1. The zero-order valence-corrected chi connectivity index (χ0v) is 66.9. The van der Waals surface area contributed by atoms with Gasteiger partial charge in [-0.15, -0.1) is 11.8 Å². The Balaban J connectivity index is 0.722. The van der Waals surface area contributed by atoms with Gasteiger partial charge in [-0.1, -0.05) is 44.2 Å². The van der Waals surface area contributed by atoms with Gasteiger partial charge < -0.3 is 87.4 Å². The number of nitrogens with one attached hydrogen (secondary N) is 3. The Hall–Kier alpha value is -8.76. The Morgan fingerprint density at radius 1 is 0.754 bits per heavy atom. The minimum absolute atomic E-state index is 0.000295. The number of likely N-dealkylation sites (N-methyl/N-ethyl adjacent to an activating group) is 2. The molecule has 5 saturated heterocycles. The van der Waals surface area contributed by atoms with Gasteiger partial charge in [0.1, 0.15) is 53.3 Å². The molecule has 9 N–H and O–H groups in total. The maximum atomic E-state index is 16.3. The fourth-order valence-electron chi connectivity index (χ4n) is 22.4. The Labute approximate surface area is 666 Å². The number of H-pyrrole nitrogens is 1. The number of phenols is 1. The maximum absolute atomic E-state index is 16.3. The molecule has 8 unspecified atom stereocenters. The lowest BCUT2D eigenvalue weighted by Gasteiger charge is -2.61. The molecule has 0 amide bonds. The van der Waals surface area contributed by atoms with Crippen LogP contribution in [0.2, 0.25) is 0 Å². The zero-order chi connectivity index (χ0) is 79.9. The summed E-state index contributed by atoms with van der Waals surface area (Å²) in [6.45, 7) is 12.1. The number of piperazine rings is 2. The molecule has 7 aromatic rings. The fraction of sp³-hybridized carbons (Fsp3) is 0.500. The van der Waals surface area contributed by atoms with Gasteiger partial charge >= 0.3 is 23.9 Å². The van der Waals surface area contributed by atoms with Crippen LogP contribution in [-0.4, -0.2) is 201 Å². The molecular formula is C84H93N7O21S2. The smallest absolute Gasteiger partial charge is 0.334 e. The van der Waals surface area contributed by atoms with Crippen LogP contribution in [0.5, 0.6) is 46.0 Å². The lowest BCUT2D eigenvalue weighted by Crippen LogP contribution is -2.72. The van der Waals surface area contributed by atoms with E-state index in [1.807, 2.05) is 88.0 Å². The van der Waals surface area contributed by atoms with E-state index in [1.165, 1.54) is 39.8 Å². The van der Waals surface area contributed by atoms with Crippen LogP contribution in [0.4, 0.5) is 0 Å². The monoisotopic (exact) mass is 1600 g/mol. The summed E-state index contributed by atoms with van der Waals surface area (Å²) in [6, 6.07) is 8.92. The number of aryl methyl sites for hydroxylation is 1. The van der Waals surface area contributed by atoms with E-state index in [0.717, 1.165) is 22.0 Å². The molecular weight excluding hydrogens is 1510 g/mol. The highest BCUT2D eigenvalue weighted by atomic mass is 32.2. The van der Waals surface area contributed by atoms with Crippen molar-refractivity contribution in [2.75, 3.05) is 80.4 Å². The van der Waals surface area contributed by atoms with Gasteiger partial charge in [0.05, 0.1) is 56.5 Å². The van der Waals surface area contributed by atoms with Crippen LogP contribution >= 0.6 is 24.4 Å². The number of benzene rings is 5. The molecule has 1 spiro atoms. The summed E-state index contributed by atoms with van der Waals surface area (Å²) in [5, 5.41) is 82.1. The standard InChI is InChI=1S/C84H93N7O21S2/c1-34(2)84(80(99)105-29-51-56-58(68(108-39(7)94)37(5)70-72(56)107-33-106-70)74(113)62-60-54-42(19-35(3)66(102-11)64(54)96)24-81(100,90(51)62)30-88(60)9)77-49(23-45(27-93)87-84)47-21-41(17-18-53(47)110-77)78-111-71-38(6)69(109-40(8)95)59-57(73(71)112-78)52-28-104-79(98)83(76-48(22-44(26-92)86-83)46-15-13-14-16-50(46)85-76)32-114-75(59)63-61-55-43(20-36(4)67(103-12)65(55)97)25-82(101,91(52)63)31-89(61)10/h13-21,34,43-45,51-52,55,60-63,74-75,78,85-87,92-93,96-97,100-101,113H,22-33H2,1-12H3/t43?,44-,45-,51-,52-,55?,60?,61?,62+,63+,74+,75+,78?,81?,82?,83+,84+/m0/s1. The molecule has 2 aromatic heterocycles. The number of hydrogen-bond acceptors (Lipinski definition) is 29. The molecule has 5 aromatic carbocycles. The van der Waals surface area contributed by atoms with Crippen LogP contribution in [-0.2, 0) is 63.7 Å². The molecule has 15 aliphatic rings. The van der Waals surface area contributed by atoms with Gasteiger partial charge in [0.15, 0.2) is 51.3 Å². The number of carbonyl (C=O) groups is 4. The van der Waals surface area contributed by atoms with Crippen LogP contribution < -0.4 is 43.8 Å². The van der Waals surface area contributed by atoms with Gasteiger partial charge in [-0.05, 0) is 119 Å². The van der Waals surface area contributed by atoms with E-state index in [1.54, 1.807) is 26.0 Å². The van der Waals surface area contributed by atoms with Crippen molar-refractivity contribution >= 4 is 70.1 Å². The summed E-state index contributed by atoms with van der Waals surface area (Å²) in [6.07, 6.45) is 1.59. The predicted molar refractivity (Wildman–Crippen MR) is 416 cm³/mol. The van der Waals surface area contributed by atoms with Crippen molar-refractivity contribution in [2.45, 2.75) is 169 Å². The average Bonchev–Trinajstić information content (AvgIpc) is 1.68. The number of nitrogens with zero attached hydrogens (tertiary/aromatic N) is 4. The van der Waals surface area contributed by atoms with Crippen molar-refractivity contribution in [2.24, 2.45) is 17.8 Å². The summed E-state index contributed by atoms with van der Waals surface area (Å²) in [4.78, 5) is 71.0. The molecule has 22 rings (SSSR count). The number of furan rings is 1. The van der Waals surface area contributed by atoms with Gasteiger partial charge in [0, 0.05) is 147 Å². The highest BCUT2D eigenvalue weighted by Crippen LogP contribution is 2.68. The van der Waals surface area contributed by atoms with Crippen molar-refractivity contribution in [3.8, 4) is 46.0 Å². The third kappa shape index (κ3) is 10.5. The van der Waals surface area contributed by atoms with Crippen molar-refractivity contribution in [1.82, 2.24) is 35.2 Å².